The van der Waals surface area contributed by atoms with E-state index in [0.29, 0.717) is 46.9 Å². The lowest BCUT2D eigenvalue weighted by molar-refractivity contribution is -0.163. The predicted molar refractivity (Wildman–Crippen MR) is 123 cm³/mol. The van der Waals surface area contributed by atoms with Crippen molar-refractivity contribution in [2.75, 3.05) is 25.5 Å². The molecular weight excluding hydrogens is 451 g/mol. The Morgan fingerprint density at radius 3 is 2.82 bits per heavy atom. The van der Waals surface area contributed by atoms with Crippen molar-refractivity contribution in [2.45, 2.75) is 32.6 Å². The van der Waals surface area contributed by atoms with E-state index in [1.807, 2.05) is 18.7 Å². The van der Waals surface area contributed by atoms with Crippen LogP contribution in [0, 0.1) is 5.82 Å². The van der Waals surface area contributed by atoms with E-state index in [1.54, 1.807) is 25.3 Å². The highest BCUT2D eigenvalue weighted by molar-refractivity contribution is 6.31. The summed E-state index contributed by atoms with van der Waals surface area (Å²) < 4.78 is 30.6. The van der Waals surface area contributed by atoms with Crippen LogP contribution in [0.15, 0.2) is 36.7 Å². The molecule has 174 valence electrons. The topological polar surface area (TPSA) is 85.8 Å². The smallest absolute Gasteiger partial charge is 0.320 e. The Bertz CT molecular complexity index is 1180. The van der Waals surface area contributed by atoms with E-state index < -0.39 is 5.82 Å². The first-order valence-corrected chi connectivity index (χ1v) is 10.9. The fourth-order valence-electron chi connectivity index (χ4n) is 3.77. The van der Waals surface area contributed by atoms with Crippen molar-refractivity contribution in [1.29, 1.82) is 0 Å². The summed E-state index contributed by atoms with van der Waals surface area (Å²) in [7, 11) is 1.55. The van der Waals surface area contributed by atoms with Gasteiger partial charge in [0.1, 0.15) is 24.1 Å². The minimum absolute atomic E-state index is 0.00382. The van der Waals surface area contributed by atoms with Gasteiger partial charge in [0.15, 0.2) is 17.7 Å². The summed E-state index contributed by atoms with van der Waals surface area (Å²) in [6, 6.07) is 7.88. The van der Waals surface area contributed by atoms with Crippen LogP contribution < -0.4 is 14.8 Å². The number of carbonyl (C=O) groups is 1. The lowest BCUT2D eigenvalue weighted by Crippen LogP contribution is -2.50. The lowest BCUT2D eigenvalue weighted by atomic mass is 10.2. The fourth-order valence-corrected chi connectivity index (χ4v) is 3.95. The van der Waals surface area contributed by atoms with E-state index in [2.05, 4.69) is 15.3 Å². The Labute approximate surface area is 195 Å². The molecule has 2 atom stereocenters. The zero-order chi connectivity index (χ0) is 23.5. The summed E-state index contributed by atoms with van der Waals surface area (Å²) in [5.74, 6) is 0.704. The van der Waals surface area contributed by atoms with Crippen LogP contribution in [0.4, 0.5) is 15.9 Å². The number of ether oxygens (including phenoxy) is 3. The number of hydrogen-bond acceptors (Lipinski definition) is 8. The number of aromatic nitrogens is 2. The van der Waals surface area contributed by atoms with Crippen molar-refractivity contribution in [3.05, 3.63) is 47.5 Å². The maximum atomic E-state index is 13.5. The minimum atomic E-state index is -0.503. The molecule has 2 heterocycles. The zero-order valence-electron chi connectivity index (χ0n) is 18.5. The number of carbonyl (C=O) groups excluding carboxylic acids is 1. The molecule has 10 heteroatoms. The third-order valence-electron chi connectivity index (χ3n) is 5.28. The SMILES string of the molecule is CCC(Oc1cc2c(Nc3ccc(F)c(Cl)c3)ncnc2cc1OC)N1CC(=O)OC(C)C1. The standard InChI is InChI=1S/C23H24ClFN4O4/c1-4-21(29-10-13(2)32-22(30)11-29)33-20-8-15-18(9-19(20)31-3)26-12-27-23(15)28-14-5-6-17(25)16(24)7-14/h5-9,12-13,21H,4,10-11H2,1-3H3,(H,26,27,28). The molecule has 0 amide bonds. The summed E-state index contributed by atoms with van der Waals surface area (Å²) in [6.07, 6.45) is 1.49. The first kappa shape index (κ1) is 23.0. The number of cyclic esters (lactones) is 1. The number of benzene rings is 2. The second kappa shape index (κ2) is 9.76. The van der Waals surface area contributed by atoms with Crippen molar-refractivity contribution in [3.8, 4) is 11.5 Å². The molecule has 0 saturated carbocycles. The van der Waals surface area contributed by atoms with Crippen LogP contribution in [0.5, 0.6) is 11.5 Å². The molecule has 1 aliphatic heterocycles. The van der Waals surface area contributed by atoms with E-state index in [-0.39, 0.29) is 29.9 Å². The third-order valence-corrected chi connectivity index (χ3v) is 5.57. The normalized spacial score (nSPS) is 17.5. The summed E-state index contributed by atoms with van der Waals surface area (Å²) in [5.41, 5.74) is 1.21. The summed E-state index contributed by atoms with van der Waals surface area (Å²) in [5, 5.41) is 3.83. The van der Waals surface area contributed by atoms with Gasteiger partial charge in [-0.2, -0.15) is 0 Å². The number of halogens is 2. The molecule has 2 unspecified atom stereocenters. The fraction of sp³-hybridized carbons (Fsp3) is 0.348. The molecular formula is C23H24ClFN4O4. The average Bonchev–Trinajstić information content (AvgIpc) is 2.79. The van der Waals surface area contributed by atoms with Crippen molar-refractivity contribution in [3.63, 3.8) is 0 Å². The molecule has 1 fully saturated rings. The van der Waals surface area contributed by atoms with Gasteiger partial charge in [-0.1, -0.05) is 18.5 Å². The third kappa shape index (κ3) is 5.09. The van der Waals surface area contributed by atoms with Crippen LogP contribution in [0.2, 0.25) is 5.02 Å². The quantitative estimate of drug-likeness (QED) is 0.500. The Morgan fingerprint density at radius 2 is 2.12 bits per heavy atom. The lowest BCUT2D eigenvalue weighted by Gasteiger charge is -2.36. The number of esters is 1. The highest BCUT2D eigenvalue weighted by Gasteiger charge is 2.30. The van der Waals surface area contributed by atoms with Gasteiger partial charge in [0.25, 0.3) is 0 Å². The van der Waals surface area contributed by atoms with Crippen LogP contribution in [-0.2, 0) is 9.53 Å². The summed E-state index contributed by atoms with van der Waals surface area (Å²) >= 11 is 5.91. The molecule has 4 rings (SSSR count). The summed E-state index contributed by atoms with van der Waals surface area (Å²) in [4.78, 5) is 22.5. The monoisotopic (exact) mass is 474 g/mol. The van der Waals surface area contributed by atoms with Gasteiger partial charge in [0.2, 0.25) is 0 Å². The minimum Gasteiger partial charge on any atom is -0.493 e. The van der Waals surface area contributed by atoms with Gasteiger partial charge < -0.3 is 19.5 Å². The van der Waals surface area contributed by atoms with Crippen molar-refractivity contribution in [2.24, 2.45) is 0 Å². The zero-order valence-corrected chi connectivity index (χ0v) is 19.2. The number of anilines is 2. The number of morpholine rings is 1. The van der Waals surface area contributed by atoms with Crippen molar-refractivity contribution in [1.82, 2.24) is 14.9 Å². The number of fused-ring (bicyclic) bond motifs is 1. The Hall–Kier alpha value is -3.17. The molecule has 3 aromatic rings. The average molecular weight is 475 g/mol. The Morgan fingerprint density at radius 1 is 1.30 bits per heavy atom. The molecule has 0 aliphatic carbocycles. The van der Waals surface area contributed by atoms with Gasteiger partial charge in [-0.25, -0.2) is 14.4 Å². The van der Waals surface area contributed by atoms with Gasteiger partial charge in [0, 0.05) is 23.7 Å². The van der Waals surface area contributed by atoms with Gasteiger partial charge in [-0.3, -0.25) is 9.69 Å². The molecule has 8 nitrogen and oxygen atoms in total. The van der Waals surface area contributed by atoms with E-state index in [1.165, 1.54) is 18.5 Å². The second-order valence-electron chi connectivity index (χ2n) is 7.71. The predicted octanol–water partition coefficient (Wildman–Crippen LogP) is 4.54. The van der Waals surface area contributed by atoms with Gasteiger partial charge in [-0.05, 0) is 37.6 Å². The Balaban J connectivity index is 1.68. The van der Waals surface area contributed by atoms with Crippen LogP contribution >= 0.6 is 11.6 Å². The first-order chi connectivity index (χ1) is 15.9. The largest absolute Gasteiger partial charge is 0.493 e. The molecule has 2 aromatic carbocycles. The molecule has 0 spiro atoms. The highest BCUT2D eigenvalue weighted by Crippen LogP contribution is 2.36. The highest BCUT2D eigenvalue weighted by atomic mass is 35.5. The van der Waals surface area contributed by atoms with Crippen molar-refractivity contribution < 1.29 is 23.4 Å². The van der Waals surface area contributed by atoms with E-state index in [0.717, 1.165) is 0 Å². The second-order valence-corrected chi connectivity index (χ2v) is 8.11. The van der Waals surface area contributed by atoms with Crippen LogP contribution in [0.25, 0.3) is 10.9 Å². The van der Waals surface area contributed by atoms with E-state index in [4.69, 9.17) is 25.8 Å². The maximum Gasteiger partial charge on any atom is 0.320 e. The van der Waals surface area contributed by atoms with Crippen molar-refractivity contribution >= 4 is 40.0 Å². The molecule has 33 heavy (non-hydrogen) atoms. The number of nitrogens with zero attached hydrogens (tertiary/aromatic N) is 3. The molecule has 0 bridgehead atoms. The molecule has 1 aromatic heterocycles. The van der Waals surface area contributed by atoms with E-state index in [9.17, 15) is 9.18 Å². The number of methoxy groups -OCH3 is 1. The number of hydrogen-bond donors (Lipinski definition) is 1. The maximum absolute atomic E-state index is 13.5. The summed E-state index contributed by atoms with van der Waals surface area (Å²) in [6.45, 7) is 4.56. The van der Waals surface area contributed by atoms with Gasteiger partial charge >= 0.3 is 5.97 Å². The van der Waals surface area contributed by atoms with Crippen LogP contribution in [0.1, 0.15) is 20.3 Å². The number of rotatable bonds is 7. The van der Waals surface area contributed by atoms with Crippen LogP contribution in [0.3, 0.4) is 0 Å². The first-order valence-electron chi connectivity index (χ1n) is 10.5. The molecule has 0 radical (unpaired) electrons. The molecule has 1 saturated heterocycles. The molecule has 1 N–H and O–H groups in total. The van der Waals surface area contributed by atoms with E-state index >= 15 is 0 Å². The Kier molecular flexibility index (Phi) is 6.80. The van der Waals surface area contributed by atoms with Gasteiger partial charge in [-0.15, -0.1) is 0 Å². The van der Waals surface area contributed by atoms with Gasteiger partial charge in [0.05, 0.1) is 24.2 Å². The molecule has 1 aliphatic rings. The number of nitrogens with one attached hydrogen (secondary N) is 1. The van der Waals surface area contributed by atoms with Crippen LogP contribution in [-0.4, -0.2) is 53.4 Å².